The van der Waals surface area contributed by atoms with Gasteiger partial charge in [-0.3, -0.25) is 10.5 Å². The fraction of sp³-hybridized carbons (Fsp3) is 0.588. The van der Waals surface area contributed by atoms with Crippen molar-refractivity contribution in [3.05, 3.63) is 56.5 Å². The number of nitrogens with one attached hydrogen (secondary N) is 1. The minimum absolute atomic E-state index is 0.414. The third kappa shape index (κ3) is 15.3. The molecule has 0 saturated carbocycles. The molecule has 0 aromatic heterocycles. The Morgan fingerprint density at radius 3 is 1.78 bits per heavy atom. The number of benzene rings is 2. The van der Waals surface area contributed by atoms with Crippen molar-refractivity contribution < 1.29 is 23.8 Å². The molecule has 252 valence electrons. The maximum Gasteiger partial charge on any atom is 0.398 e. The smallest absolute Gasteiger partial charge is 0.398 e. The number of amides is 1. The van der Waals surface area contributed by atoms with Crippen molar-refractivity contribution in [3.63, 3.8) is 0 Å². The van der Waals surface area contributed by atoms with Crippen LogP contribution in [0.3, 0.4) is 0 Å². The van der Waals surface area contributed by atoms with E-state index < -0.39 is 18.1 Å². The number of unbranched alkanes of at least 4 members (excludes halogenated alkanes) is 1. The molecule has 0 aliphatic heterocycles. The summed E-state index contributed by atoms with van der Waals surface area (Å²) in [4.78, 5) is 29.4. The monoisotopic (exact) mass is 754 g/mol. The minimum Gasteiger partial charge on any atom is -0.496 e. The molecule has 0 saturated heterocycles. The van der Waals surface area contributed by atoms with E-state index in [1.807, 2.05) is 24.3 Å². The van der Waals surface area contributed by atoms with Gasteiger partial charge in [0.1, 0.15) is 11.5 Å². The van der Waals surface area contributed by atoms with Crippen LogP contribution in [0.5, 0.6) is 11.5 Å². The maximum absolute atomic E-state index is 12.3. The molecule has 45 heavy (non-hydrogen) atoms. The molecule has 11 heteroatoms. The molecular formula is C34H52Br2N4O5. The van der Waals surface area contributed by atoms with Gasteiger partial charge in [0.05, 0.1) is 14.2 Å². The predicted octanol–water partition coefficient (Wildman–Crippen LogP) is 5.94. The summed E-state index contributed by atoms with van der Waals surface area (Å²) in [6.45, 7) is 10.3. The normalized spacial score (nSPS) is 11.9. The molecule has 1 unspecified atom stereocenters. The summed E-state index contributed by atoms with van der Waals surface area (Å²) in [6.07, 6.45) is 5.96. The van der Waals surface area contributed by atoms with Gasteiger partial charge in [0, 0.05) is 28.6 Å². The van der Waals surface area contributed by atoms with E-state index in [-0.39, 0.29) is 0 Å². The molecule has 0 aliphatic carbocycles. The van der Waals surface area contributed by atoms with Crippen molar-refractivity contribution in [2.24, 2.45) is 5.73 Å². The van der Waals surface area contributed by atoms with E-state index in [4.69, 9.17) is 19.9 Å². The topological polar surface area (TPSA) is 106 Å². The van der Waals surface area contributed by atoms with Crippen molar-refractivity contribution in [1.29, 1.82) is 0 Å². The van der Waals surface area contributed by atoms with Crippen LogP contribution in [0.25, 0.3) is 0 Å². The number of hydrogen-bond donors (Lipinski definition) is 2. The first-order valence-corrected chi connectivity index (χ1v) is 17.6. The summed E-state index contributed by atoms with van der Waals surface area (Å²) in [5.74, 6) is 0.115. The number of esters is 1. The molecule has 0 spiro atoms. The van der Waals surface area contributed by atoms with E-state index in [1.165, 1.54) is 5.56 Å². The number of carbonyl (C=O) groups is 2. The van der Waals surface area contributed by atoms with Gasteiger partial charge in [-0.25, -0.2) is 4.79 Å². The standard InChI is InChI=1S/C34H52Br2N4O5/c1-5-18-39(22-15-26-24-28(35)11-13-30(26)43-3)20-8-7-17-38-33(41)34(42)45-32(37)10-9-21-40(19-6-2)23-16-27-25-29(36)12-14-31(27)44-4/h11-14,24-25,32H,5-10,15-23,37H2,1-4H3,(H,38,41). The van der Waals surface area contributed by atoms with Gasteiger partial charge in [0.2, 0.25) is 0 Å². The number of halogens is 2. The summed E-state index contributed by atoms with van der Waals surface area (Å²) in [7, 11) is 3.38. The van der Waals surface area contributed by atoms with Crippen molar-refractivity contribution in [2.75, 3.05) is 60.0 Å². The molecule has 0 aliphatic rings. The molecule has 0 fully saturated rings. The molecule has 0 heterocycles. The highest BCUT2D eigenvalue weighted by atomic mass is 79.9. The van der Waals surface area contributed by atoms with E-state index in [1.54, 1.807) is 14.2 Å². The fourth-order valence-corrected chi connectivity index (χ4v) is 6.06. The third-order valence-corrected chi connectivity index (χ3v) is 8.54. The molecule has 2 aromatic carbocycles. The first-order valence-electron chi connectivity index (χ1n) is 16.0. The number of methoxy groups -OCH3 is 2. The summed E-state index contributed by atoms with van der Waals surface area (Å²) in [5, 5.41) is 2.68. The molecule has 0 radical (unpaired) electrons. The first kappa shape index (κ1) is 39.0. The number of carbonyl (C=O) groups excluding carboxylic acids is 2. The second kappa shape index (κ2) is 22.4. The lowest BCUT2D eigenvalue weighted by Gasteiger charge is -2.23. The van der Waals surface area contributed by atoms with Crippen molar-refractivity contribution in [2.45, 2.75) is 71.4 Å². The van der Waals surface area contributed by atoms with Gasteiger partial charge in [-0.1, -0.05) is 45.7 Å². The molecule has 1 atom stereocenters. The van der Waals surface area contributed by atoms with Gasteiger partial charge in [0.25, 0.3) is 0 Å². The molecular weight excluding hydrogens is 704 g/mol. The number of nitrogens with zero attached hydrogens (tertiary/aromatic N) is 2. The molecule has 9 nitrogen and oxygen atoms in total. The zero-order chi connectivity index (χ0) is 33.0. The van der Waals surface area contributed by atoms with Crippen molar-refractivity contribution in [3.8, 4) is 11.5 Å². The van der Waals surface area contributed by atoms with E-state index in [0.29, 0.717) is 13.0 Å². The van der Waals surface area contributed by atoms with Crippen LogP contribution >= 0.6 is 31.9 Å². The van der Waals surface area contributed by atoms with Gasteiger partial charge in [-0.15, -0.1) is 0 Å². The Hall–Kier alpha value is -2.18. The van der Waals surface area contributed by atoms with Crippen LogP contribution in [0.2, 0.25) is 0 Å². The van der Waals surface area contributed by atoms with Crippen LogP contribution in [-0.2, 0) is 27.2 Å². The Morgan fingerprint density at radius 2 is 1.29 bits per heavy atom. The quantitative estimate of drug-likeness (QED) is 0.0659. The Labute approximate surface area is 286 Å². The van der Waals surface area contributed by atoms with Crippen molar-refractivity contribution >= 4 is 43.7 Å². The van der Waals surface area contributed by atoms with Gasteiger partial charge >= 0.3 is 11.9 Å². The lowest BCUT2D eigenvalue weighted by atomic mass is 10.1. The second-order valence-electron chi connectivity index (χ2n) is 11.1. The van der Waals surface area contributed by atoms with Crippen LogP contribution in [0.4, 0.5) is 0 Å². The minimum atomic E-state index is -0.926. The second-order valence-corrected chi connectivity index (χ2v) is 13.0. The Bertz CT molecular complexity index is 1170. The van der Waals surface area contributed by atoms with Gasteiger partial charge in [-0.2, -0.15) is 0 Å². The average Bonchev–Trinajstić information content (AvgIpc) is 3.02. The highest BCUT2D eigenvalue weighted by Crippen LogP contribution is 2.25. The van der Waals surface area contributed by atoms with Crippen LogP contribution in [0.1, 0.15) is 63.5 Å². The van der Waals surface area contributed by atoms with E-state index >= 15 is 0 Å². The molecule has 3 N–H and O–H groups in total. The third-order valence-electron chi connectivity index (χ3n) is 7.55. The molecule has 2 aromatic rings. The summed E-state index contributed by atoms with van der Waals surface area (Å²) in [5.41, 5.74) is 8.38. The van der Waals surface area contributed by atoms with E-state index in [2.05, 4.69) is 73.0 Å². The number of hydrogen-bond acceptors (Lipinski definition) is 8. The number of nitrogens with two attached hydrogens (primary N) is 1. The maximum atomic E-state index is 12.3. The summed E-state index contributed by atoms with van der Waals surface area (Å²) >= 11 is 7.09. The highest BCUT2D eigenvalue weighted by molar-refractivity contribution is 9.10. The highest BCUT2D eigenvalue weighted by Gasteiger charge is 2.19. The van der Waals surface area contributed by atoms with Crippen molar-refractivity contribution in [1.82, 2.24) is 15.1 Å². The van der Waals surface area contributed by atoms with E-state index in [9.17, 15) is 9.59 Å². The van der Waals surface area contributed by atoms with E-state index in [0.717, 1.165) is 110 Å². The predicted molar refractivity (Wildman–Crippen MR) is 188 cm³/mol. The number of rotatable bonds is 22. The van der Waals surface area contributed by atoms with Crippen LogP contribution in [0, 0.1) is 0 Å². The zero-order valence-electron chi connectivity index (χ0n) is 27.4. The molecule has 1 amide bonds. The molecule has 0 bridgehead atoms. The lowest BCUT2D eigenvalue weighted by molar-refractivity contribution is -0.159. The fourth-order valence-electron chi connectivity index (χ4n) is 5.25. The largest absolute Gasteiger partial charge is 0.496 e. The Morgan fingerprint density at radius 1 is 0.778 bits per heavy atom. The average molecular weight is 757 g/mol. The van der Waals surface area contributed by atoms with Crippen LogP contribution in [0.15, 0.2) is 45.3 Å². The summed E-state index contributed by atoms with van der Waals surface area (Å²) < 4.78 is 18.3. The molecule has 2 rings (SSSR count). The van der Waals surface area contributed by atoms with Crippen LogP contribution < -0.4 is 20.5 Å². The SMILES string of the molecule is CCCN(CCCCNC(=O)C(=O)OC(N)CCCN(CCC)CCc1cc(Br)ccc1OC)CCc1cc(Br)ccc1OC. The summed E-state index contributed by atoms with van der Waals surface area (Å²) in [6, 6.07) is 12.1. The van der Waals surface area contributed by atoms with Crippen LogP contribution in [-0.4, -0.2) is 87.9 Å². The Kier molecular flexibility index (Phi) is 19.4. The first-order chi connectivity index (χ1) is 21.7. The lowest BCUT2D eigenvalue weighted by Crippen LogP contribution is -2.38. The zero-order valence-corrected chi connectivity index (χ0v) is 30.6. The van der Waals surface area contributed by atoms with Gasteiger partial charge in [0.15, 0.2) is 6.23 Å². The Balaban J connectivity index is 1.65. The van der Waals surface area contributed by atoms with Gasteiger partial charge < -0.3 is 29.3 Å². The van der Waals surface area contributed by atoms with Gasteiger partial charge in [-0.05, 0) is 125 Å². The number of ether oxygens (including phenoxy) is 3.